The van der Waals surface area contributed by atoms with Crippen molar-refractivity contribution in [3.63, 3.8) is 0 Å². The van der Waals surface area contributed by atoms with E-state index in [0.29, 0.717) is 12.1 Å². The van der Waals surface area contributed by atoms with E-state index in [0.717, 1.165) is 35.4 Å². The lowest BCUT2D eigenvalue weighted by Crippen LogP contribution is -2.25. The van der Waals surface area contributed by atoms with Gasteiger partial charge in [0.1, 0.15) is 5.82 Å². The lowest BCUT2D eigenvalue weighted by atomic mass is 10.2. The Kier molecular flexibility index (Phi) is 3.96. The van der Waals surface area contributed by atoms with Gasteiger partial charge in [0.25, 0.3) is 5.91 Å². The van der Waals surface area contributed by atoms with Crippen LogP contribution in [0.5, 0.6) is 0 Å². The van der Waals surface area contributed by atoms with Crippen molar-refractivity contribution in [3.05, 3.63) is 53.6 Å². The molecule has 1 aromatic carbocycles. The average Bonchev–Trinajstić information content (AvgIpc) is 3.08. The second-order valence-corrected chi connectivity index (χ2v) is 5.45. The number of amides is 1. The molecule has 114 valence electrons. The van der Waals surface area contributed by atoms with Gasteiger partial charge in [-0.25, -0.2) is 4.98 Å². The summed E-state index contributed by atoms with van der Waals surface area (Å²) in [6.07, 6.45) is 3.49. The standard InChI is InChI=1S/C17H20N4O/c1-12-13(9-11-18-12)17(22)19-10-5-8-16-20-14-6-3-4-7-15(14)21(16)2/h3-4,6-7,9,11,18H,5,8,10H2,1-2H3,(H,19,22). The number of rotatable bonds is 5. The number of nitrogens with zero attached hydrogens (tertiary/aromatic N) is 2. The van der Waals surface area contributed by atoms with Crippen LogP contribution in [0.15, 0.2) is 36.5 Å². The van der Waals surface area contributed by atoms with Gasteiger partial charge in [0.15, 0.2) is 0 Å². The number of benzene rings is 1. The van der Waals surface area contributed by atoms with Gasteiger partial charge in [-0.05, 0) is 31.5 Å². The van der Waals surface area contributed by atoms with Crippen molar-refractivity contribution < 1.29 is 4.79 Å². The SMILES string of the molecule is Cc1[nH]ccc1C(=O)NCCCc1nc2ccccc2n1C. The molecule has 3 rings (SSSR count). The quantitative estimate of drug-likeness (QED) is 0.711. The largest absolute Gasteiger partial charge is 0.365 e. The van der Waals surface area contributed by atoms with Crippen molar-refractivity contribution in [2.45, 2.75) is 19.8 Å². The molecule has 0 atom stereocenters. The molecular weight excluding hydrogens is 276 g/mol. The summed E-state index contributed by atoms with van der Waals surface area (Å²) in [5, 5.41) is 2.95. The minimum absolute atomic E-state index is 0.0243. The second kappa shape index (κ2) is 6.05. The van der Waals surface area contributed by atoms with E-state index >= 15 is 0 Å². The molecule has 0 radical (unpaired) electrons. The van der Waals surface area contributed by atoms with E-state index in [9.17, 15) is 4.79 Å². The molecule has 0 aliphatic heterocycles. The number of H-pyrrole nitrogens is 1. The molecule has 0 saturated heterocycles. The highest BCUT2D eigenvalue weighted by molar-refractivity contribution is 5.95. The molecule has 2 heterocycles. The lowest BCUT2D eigenvalue weighted by Gasteiger charge is -2.05. The van der Waals surface area contributed by atoms with E-state index in [1.54, 1.807) is 12.3 Å². The summed E-state index contributed by atoms with van der Waals surface area (Å²) in [6.45, 7) is 2.54. The number of carbonyl (C=O) groups excluding carboxylic acids is 1. The summed E-state index contributed by atoms with van der Waals surface area (Å²) in [5.41, 5.74) is 3.77. The Morgan fingerprint density at radius 2 is 2.14 bits per heavy atom. The average molecular weight is 296 g/mol. The molecule has 3 aromatic rings. The van der Waals surface area contributed by atoms with E-state index < -0.39 is 0 Å². The van der Waals surface area contributed by atoms with Crippen LogP contribution in [0.25, 0.3) is 11.0 Å². The van der Waals surface area contributed by atoms with Crippen molar-refractivity contribution in [1.29, 1.82) is 0 Å². The highest BCUT2D eigenvalue weighted by Gasteiger charge is 2.10. The Bertz CT molecular complexity index is 800. The molecule has 0 aliphatic rings. The minimum Gasteiger partial charge on any atom is -0.365 e. The van der Waals surface area contributed by atoms with Gasteiger partial charge in [-0.1, -0.05) is 12.1 Å². The Morgan fingerprint density at radius 1 is 1.32 bits per heavy atom. The van der Waals surface area contributed by atoms with Gasteiger partial charge >= 0.3 is 0 Å². The molecule has 0 fully saturated rings. The predicted octanol–water partition coefficient (Wildman–Crippen LogP) is 2.57. The van der Waals surface area contributed by atoms with E-state index in [1.807, 2.05) is 32.2 Å². The van der Waals surface area contributed by atoms with Crippen molar-refractivity contribution >= 4 is 16.9 Å². The van der Waals surface area contributed by atoms with Crippen molar-refractivity contribution in [2.24, 2.45) is 7.05 Å². The van der Waals surface area contributed by atoms with E-state index in [2.05, 4.69) is 25.9 Å². The zero-order chi connectivity index (χ0) is 15.5. The van der Waals surface area contributed by atoms with Crippen molar-refractivity contribution in [1.82, 2.24) is 19.9 Å². The fourth-order valence-corrected chi connectivity index (χ4v) is 2.66. The Morgan fingerprint density at radius 3 is 2.86 bits per heavy atom. The molecular formula is C17H20N4O. The molecule has 22 heavy (non-hydrogen) atoms. The molecule has 5 heteroatoms. The number of aryl methyl sites for hydroxylation is 3. The molecule has 5 nitrogen and oxygen atoms in total. The van der Waals surface area contributed by atoms with Crippen LogP contribution in [0.1, 0.15) is 28.3 Å². The van der Waals surface area contributed by atoms with Crippen LogP contribution >= 0.6 is 0 Å². The van der Waals surface area contributed by atoms with Crippen LogP contribution in [-0.2, 0) is 13.5 Å². The van der Waals surface area contributed by atoms with Crippen LogP contribution in [0.4, 0.5) is 0 Å². The van der Waals surface area contributed by atoms with E-state index in [4.69, 9.17) is 0 Å². The van der Waals surface area contributed by atoms with Gasteiger partial charge < -0.3 is 14.9 Å². The fraction of sp³-hybridized carbons (Fsp3) is 0.294. The van der Waals surface area contributed by atoms with Crippen LogP contribution < -0.4 is 5.32 Å². The van der Waals surface area contributed by atoms with Gasteiger partial charge in [-0.2, -0.15) is 0 Å². The number of fused-ring (bicyclic) bond motifs is 1. The first-order chi connectivity index (χ1) is 10.7. The third kappa shape index (κ3) is 2.74. The van der Waals surface area contributed by atoms with E-state index in [1.165, 1.54) is 0 Å². The maximum absolute atomic E-state index is 12.0. The summed E-state index contributed by atoms with van der Waals surface area (Å²) >= 11 is 0. The van der Waals surface area contributed by atoms with Crippen molar-refractivity contribution in [2.75, 3.05) is 6.54 Å². The van der Waals surface area contributed by atoms with Gasteiger partial charge in [0.05, 0.1) is 16.6 Å². The number of imidazole rings is 1. The monoisotopic (exact) mass is 296 g/mol. The first kappa shape index (κ1) is 14.4. The molecule has 1 amide bonds. The van der Waals surface area contributed by atoms with Crippen LogP contribution in [0.2, 0.25) is 0 Å². The van der Waals surface area contributed by atoms with Gasteiger partial charge in [-0.15, -0.1) is 0 Å². The smallest absolute Gasteiger partial charge is 0.253 e. The highest BCUT2D eigenvalue weighted by atomic mass is 16.1. The number of nitrogens with one attached hydrogen (secondary N) is 2. The second-order valence-electron chi connectivity index (χ2n) is 5.45. The number of para-hydroxylation sites is 2. The van der Waals surface area contributed by atoms with Gasteiger partial charge in [-0.3, -0.25) is 4.79 Å². The van der Waals surface area contributed by atoms with E-state index in [-0.39, 0.29) is 5.91 Å². The zero-order valence-electron chi connectivity index (χ0n) is 12.9. The highest BCUT2D eigenvalue weighted by Crippen LogP contribution is 2.15. The molecule has 2 aromatic heterocycles. The minimum atomic E-state index is -0.0243. The number of aromatic amines is 1. The van der Waals surface area contributed by atoms with Crippen LogP contribution in [0.3, 0.4) is 0 Å². The first-order valence-electron chi connectivity index (χ1n) is 7.49. The molecule has 0 unspecified atom stereocenters. The molecule has 0 saturated carbocycles. The third-order valence-electron chi connectivity index (χ3n) is 3.94. The van der Waals surface area contributed by atoms with Gasteiger partial charge in [0, 0.05) is 31.9 Å². The molecule has 0 bridgehead atoms. The normalized spacial score (nSPS) is 11.0. The van der Waals surface area contributed by atoms with Crippen molar-refractivity contribution in [3.8, 4) is 0 Å². The molecule has 0 aliphatic carbocycles. The number of hydrogen-bond acceptors (Lipinski definition) is 2. The van der Waals surface area contributed by atoms with Crippen LogP contribution in [0, 0.1) is 6.92 Å². The topological polar surface area (TPSA) is 62.7 Å². The summed E-state index contributed by atoms with van der Waals surface area (Å²) in [7, 11) is 2.03. The Hall–Kier alpha value is -2.56. The Labute approximate surface area is 129 Å². The summed E-state index contributed by atoms with van der Waals surface area (Å²) in [5.74, 6) is 1.03. The lowest BCUT2D eigenvalue weighted by molar-refractivity contribution is 0.0952. The Balaban J connectivity index is 1.55. The summed E-state index contributed by atoms with van der Waals surface area (Å²) in [6, 6.07) is 9.92. The zero-order valence-corrected chi connectivity index (χ0v) is 12.9. The van der Waals surface area contributed by atoms with Gasteiger partial charge in [0.2, 0.25) is 0 Å². The first-order valence-corrected chi connectivity index (χ1v) is 7.49. The molecule has 0 spiro atoms. The third-order valence-corrected chi connectivity index (χ3v) is 3.94. The summed E-state index contributed by atoms with van der Waals surface area (Å²) in [4.78, 5) is 19.6. The number of hydrogen-bond donors (Lipinski definition) is 2. The maximum Gasteiger partial charge on any atom is 0.253 e. The van der Waals surface area contributed by atoms with Crippen LogP contribution in [-0.4, -0.2) is 27.0 Å². The summed E-state index contributed by atoms with van der Waals surface area (Å²) < 4.78 is 2.12. The maximum atomic E-state index is 12.0. The fourth-order valence-electron chi connectivity index (χ4n) is 2.66. The number of aromatic nitrogens is 3. The molecule has 2 N–H and O–H groups in total. The number of carbonyl (C=O) groups is 1. The predicted molar refractivity (Wildman–Crippen MR) is 86.9 cm³/mol.